The van der Waals surface area contributed by atoms with Crippen molar-refractivity contribution in [3.8, 4) is 0 Å². The van der Waals surface area contributed by atoms with Gasteiger partial charge in [0.1, 0.15) is 17.2 Å². The van der Waals surface area contributed by atoms with Gasteiger partial charge >= 0.3 is 0 Å². The maximum atomic E-state index is 4.34. The first-order valence-corrected chi connectivity index (χ1v) is 8.05. The first-order chi connectivity index (χ1) is 8.70. The van der Waals surface area contributed by atoms with E-state index in [1.807, 2.05) is 6.26 Å². The summed E-state index contributed by atoms with van der Waals surface area (Å²) >= 11 is 1.66. The fourth-order valence-electron chi connectivity index (χ4n) is 2.86. The monoisotopic (exact) mass is 265 g/mol. The van der Waals surface area contributed by atoms with E-state index in [0.717, 1.165) is 22.7 Å². The highest BCUT2D eigenvalue weighted by molar-refractivity contribution is 7.98. The number of hydrogen-bond donors (Lipinski definition) is 1. The van der Waals surface area contributed by atoms with Gasteiger partial charge in [0.15, 0.2) is 0 Å². The summed E-state index contributed by atoms with van der Waals surface area (Å²) in [6, 6.07) is 2.62. The van der Waals surface area contributed by atoms with Crippen LogP contribution >= 0.6 is 11.8 Å². The Balaban J connectivity index is 2.05. The predicted molar refractivity (Wildman–Crippen MR) is 78.0 cm³/mol. The first-order valence-electron chi connectivity index (χ1n) is 6.83. The maximum Gasteiger partial charge on any atom is 0.130 e. The number of nitrogens with one attached hydrogen (secondary N) is 1. The van der Waals surface area contributed by atoms with Crippen LogP contribution < -0.4 is 5.32 Å². The molecule has 4 heteroatoms. The Morgan fingerprint density at radius 3 is 2.78 bits per heavy atom. The zero-order chi connectivity index (χ0) is 13.0. The van der Waals surface area contributed by atoms with Crippen LogP contribution in [0.4, 0.5) is 5.82 Å². The molecule has 1 heterocycles. The van der Waals surface area contributed by atoms with E-state index in [4.69, 9.17) is 0 Å². The van der Waals surface area contributed by atoms with Crippen molar-refractivity contribution < 1.29 is 0 Å². The van der Waals surface area contributed by atoms with E-state index in [2.05, 4.69) is 35.2 Å². The third kappa shape index (κ3) is 3.37. The average Bonchev–Trinajstić information content (AvgIpc) is 2.39. The molecule has 3 nitrogen and oxygen atoms in total. The zero-order valence-corrected chi connectivity index (χ0v) is 12.3. The molecular weight excluding hydrogens is 242 g/mol. The van der Waals surface area contributed by atoms with Gasteiger partial charge in [-0.1, -0.05) is 26.7 Å². The van der Waals surface area contributed by atoms with Gasteiger partial charge in [0, 0.05) is 12.1 Å². The SMILES string of the molecule is CSc1cc(NC2CCCCC2C(C)C)ncn1. The summed E-state index contributed by atoms with van der Waals surface area (Å²) in [5, 5.41) is 4.65. The molecule has 1 aliphatic rings. The topological polar surface area (TPSA) is 37.8 Å². The van der Waals surface area contributed by atoms with Gasteiger partial charge in [-0.15, -0.1) is 11.8 Å². The fraction of sp³-hybridized carbons (Fsp3) is 0.714. The van der Waals surface area contributed by atoms with Crippen LogP contribution in [-0.4, -0.2) is 22.3 Å². The number of nitrogens with zero attached hydrogens (tertiary/aromatic N) is 2. The standard InChI is InChI=1S/C14H23N3S/c1-10(2)11-6-4-5-7-12(11)17-13-8-14(18-3)16-9-15-13/h8-12H,4-7H2,1-3H3,(H,15,16,17). The van der Waals surface area contributed by atoms with Crippen molar-refractivity contribution in [1.29, 1.82) is 0 Å². The number of aromatic nitrogens is 2. The van der Waals surface area contributed by atoms with E-state index in [1.165, 1.54) is 25.7 Å². The quantitative estimate of drug-likeness (QED) is 0.663. The third-order valence-electron chi connectivity index (χ3n) is 3.86. The van der Waals surface area contributed by atoms with E-state index in [-0.39, 0.29) is 0 Å². The average molecular weight is 265 g/mol. The second-order valence-corrected chi connectivity index (χ2v) is 6.22. The molecule has 1 saturated carbocycles. The molecule has 0 aliphatic heterocycles. The molecule has 1 aliphatic carbocycles. The Hall–Kier alpha value is -0.770. The highest BCUT2D eigenvalue weighted by Gasteiger charge is 2.27. The van der Waals surface area contributed by atoms with E-state index in [0.29, 0.717) is 6.04 Å². The zero-order valence-electron chi connectivity index (χ0n) is 11.5. The summed E-state index contributed by atoms with van der Waals surface area (Å²) in [6.45, 7) is 4.66. The lowest BCUT2D eigenvalue weighted by molar-refractivity contribution is 0.253. The van der Waals surface area contributed by atoms with Crippen LogP contribution in [0.2, 0.25) is 0 Å². The van der Waals surface area contributed by atoms with Gasteiger partial charge in [-0.25, -0.2) is 9.97 Å². The lowest BCUT2D eigenvalue weighted by Crippen LogP contribution is -2.35. The van der Waals surface area contributed by atoms with Crippen molar-refractivity contribution in [2.45, 2.75) is 50.6 Å². The molecule has 0 bridgehead atoms. The van der Waals surface area contributed by atoms with Gasteiger partial charge in [0.05, 0.1) is 0 Å². The highest BCUT2D eigenvalue weighted by Crippen LogP contribution is 2.32. The van der Waals surface area contributed by atoms with Crippen LogP contribution in [0.5, 0.6) is 0 Å². The number of thioether (sulfide) groups is 1. The summed E-state index contributed by atoms with van der Waals surface area (Å²) in [5.74, 6) is 2.49. The predicted octanol–water partition coefficient (Wildman–Crippen LogP) is 3.83. The van der Waals surface area contributed by atoms with E-state index >= 15 is 0 Å². The van der Waals surface area contributed by atoms with Gasteiger partial charge in [-0.05, 0) is 30.9 Å². The molecule has 1 aromatic heterocycles. The second kappa shape index (κ2) is 6.41. The molecule has 0 aromatic carbocycles. The minimum Gasteiger partial charge on any atom is -0.367 e. The van der Waals surface area contributed by atoms with Gasteiger partial charge in [0.2, 0.25) is 0 Å². The van der Waals surface area contributed by atoms with E-state index < -0.39 is 0 Å². The first kappa shape index (κ1) is 13.7. The smallest absolute Gasteiger partial charge is 0.130 e. The summed E-state index contributed by atoms with van der Waals surface area (Å²) in [4.78, 5) is 8.56. The number of anilines is 1. The summed E-state index contributed by atoms with van der Waals surface area (Å²) in [5.41, 5.74) is 0. The Morgan fingerprint density at radius 2 is 2.06 bits per heavy atom. The molecule has 0 spiro atoms. The largest absolute Gasteiger partial charge is 0.367 e. The molecule has 100 valence electrons. The Kier molecular flexibility index (Phi) is 4.87. The van der Waals surface area contributed by atoms with Crippen LogP contribution in [0.1, 0.15) is 39.5 Å². The summed E-state index contributed by atoms with van der Waals surface area (Å²) < 4.78 is 0. The molecule has 2 unspecified atom stereocenters. The van der Waals surface area contributed by atoms with Gasteiger partial charge in [-0.3, -0.25) is 0 Å². The molecule has 0 radical (unpaired) electrons. The van der Waals surface area contributed by atoms with Gasteiger partial charge < -0.3 is 5.32 Å². The van der Waals surface area contributed by atoms with Crippen molar-refractivity contribution in [2.75, 3.05) is 11.6 Å². The van der Waals surface area contributed by atoms with Crippen molar-refractivity contribution in [3.05, 3.63) is 12.4 Å². The third-order valence-corrected chi connectivity index (χ3v) is 4.50. The molecule has 2 atom stereocenters. The molecule has 2 rings (SSSR count). The van der Waals surface area contributed by atoms with Crippen LogP contribution in [-0.2, 0) is 0 Å². The Bertz CT molecular complexity index is 381. The molecule has 0 saturated heterocycles. The van der Waals surface area contributed by atoms with E-state index in [9.17, 15) is 0 Å². The lowest BCUT2D eigenvalue weighted by atomic mass is 9.78. The highest BCUT2D eigenvalue weighted by atomic mass is 32.2. The minimum absolute atomic E-state index is 0.573. The minimum atomic E-state index is 0.573. The van der Waals surface area contributed by atoms with Crippen LogP contribution in [0, 0.1) is 11.8 Å². The Morgan fingerprint density at radius 1 is 1.28 bits per heavy atom. The molecule has 18 heavy (non-hydrogen) atoms. The fourth-order valence-corrected chi connectivity index (χ4v) is 3.24. The van der Waals surface area contributed by atoms with Crippen LogP contribution in [0.15, 0.2) is 17.4 Å². The van der Waals surface area contributed by atoms with Crippen LogP contribution in [0.3, 0.4) is 0 Å². The summed E-state index contributed by atoms with van der Waals surface area (Å²) in [6.07, 6.45) is 9.02. The maximum absolute atomic E-state index is 4.34. The number of hydrogen-bond acceptors (Lipinski definition) is 4. The lowest BCUT2D eigenvalue weighted by Gasteiger charge is -2.35. The van der Waals surface area contributed by atoms with Crippen molar-refractivity contribution >= 4 is 17.6 Å². The molecule has 1 N–H and O–H groups in total. The molecule has 1 fully saturated rings. The van der Waals surface area contributed by atoms with Crippen molar-refractivity contribution in [3.63, 3.8) is 0 Å². The van der Waals surface area contributed by atoms with Crippen LogP contribution in [0.25, 0.3) is 0 Å². The second-order valence-electron chi connectivity index (χ2n) is 5.39. The van der Waals surface area contributed by atoms with E-state index in [1.54, 1.807) is 18.1 Å². The summed E-state index contributed by atoms with van der Waals surface area (Å²) in [7, 11) is 0. The normalized spacial score (nSPS) is 24.2. The molecule has 1 aromatic rings. The van der Waals surface area contributed by atoms with Gasteiger partial charge in [-0.2, -0.15) is 0 Å². The molecular formula is C14H23N3S. The van der Waals surface area contributed by atoms with Crippen molar-refractivity contribution in [1.82, 2.24) is 9.97 Å². The Labute approximate surface area is 114 Å². The molecule has 0 amide bonds. The number of rotatable bonds is 4. The van der Waals surface area contributed by atoms with Crippen molar-refractivity contribution in [2.24, 2.45) is 11.8 Å². The van der Waals surface area contributed by atoms with Gasteiger partial charge in [0.25, 0.3) is 0 Å².